The van der Waals surface area contributed by atoms with Crippen LogP contribution in [0, 0.1) is 6.92 Å². The molecule has 0 aliphatic carbocycles. The van der Waals surface area contributed by atoms with Crippen LogP contribution in [0.3, 0.4) is 0 Å². The minimum absolute atomic E-state index is 0.444. The molecule has 0 N–H and O–H groups in total. The molecule has 0 bridgehead atoms. The van der Waals surface area contributed by atoms with Crippen LogP contribution in [0.4, 0.5) is 0 Å². The van der Waals surface area contributed by atoms with Gasteiger partial charge in [0.15, 0.2) is 0 Å². The van der Waals surface area contributed by atoms with E-state index in [1.165, 1.54) is 11.1 Å². The first-order valence-electron chi connectivity index (χ1n) is 4.37. The maximum absolute atomic E-state index is 4.10. The predicted octanol–water partition coefficient (Wildman–Crippen LogP) is 1.88. The number of likely N-dealkylation sites (N-methyl/N-ethyl adjacent to an activating group) is 1. The highest BCUT2D eigenvalue weighted by Crippen LogP contribution is 2.20. The first kappa shape index (κ1) is 7.81. The summed E-state index contributed by atoms with van der Waals surface area (Å²) in [5.41, 5.74) is 2.93. The maximum atomic E-state index is 4.10. The summed E-state index contributed by atoms with van der Waals surface area (Å²) in [7, 11) is 2.13. The summed E-state index contributed by atoms with van der Waals surface area (Å²) in [5, 5.41) is 0. The van der Waals surface area contributed by atoms with E-state index in [0.717, 1.165) is 13.0 Å². The van der Waals surface area contributed by atoms with E-state index in [9.17, 15) is 0 Å². The lowest BCUT2D eigenvalue weighted by Crippen LogP contribution is -2.35. The molecular formula is C11H14N. The first-order chi connectivity index (χ1) is 5.77. The molecule has 1 nitrogen and oxygen atoms in total. The number of nitrogens with zero attached hydrogens (tertiary/aromatic N) is 1. The molecule has 0 spiro atoms. The van der Waals surface area contributed by atoms with E-state index in [2.05, 4.69) is 43.1 Å². The Labute approximate surface area is 74.0 Å². The van der Waals surface area contributed by atoms with Gasteiger partial charge >= 0.3 is 0 Å². The highest BCUT2D eigenvalue weighted by Gasteiger charge is 2.18. The molecule has 0 aromatic heterocycles. The van der Waals surface area contributed by atoms with E-state index in [4.69, 9.17) is 0 Å². The molecule has 0 saturated heterocycles. The minimum atomic E-state index is 0.444. The molecule has 1 atom stereocenters. The molecule has 1 heteroatoms. The van der Waals surface area contributed by atoms with Crippen molar-refractivity contribution in [3.05, 3.63) is 42.3 Å². The molecule has 63 valence electrons. The molecule has 2 rings (SSSR count). The lowest BCUT2D eigenvalue weighted by Gasteiger charge is -2.31. The largest absolute Gasteiger partial charge is 0.299 e. The van der Waals surface area contributed by atoms with Crippen molar-refractivity contribution in [3.63, 3.8) is 0 Å². The maximum Gasteiger partial charge on any atom is 0.0236 e. The summed E-state index contributed by atoms with van der Waals surface area (Å²) >= 11 is 0. The fourth-order valence-electron chi connectivity index (χ4n) is 1.72. The molecule has 0 saturated carbocycles. The quantitative estimate of drug-likeness (QED) is 0.560. The topological polar surface area (TPSA) is 3.24 Å². The second-order valence-electron chi connectivity index (χ2n) is 3.54. The zero-order valence-corrected chi connectivity index (χ0v) is 7.46. The summed E-state index contributed by atoms with van der Waals surface area (Å²) in [6.07, 6.45) is 1.09. The van der Waals surface area contributed by atoms with Crippen LogP contribution in [-0.4, -0.2) is 18.0 Å². The van der Waals surface area contributed by atoms with Crippen molar-refractivity contribution in [1.29, 1.82) is 0 Å². The van der Waals surface area contributed by atoms with Crippen molar-refractivity contribution < 1.29 is 0 Å². The van der Waals surface area contributed by atoms with Gasteiger partial charge in [-0.25, -0.2) is 0 Å². The molecule has 1 aliphatic rings. The standard InChI is InChI=1S/C11H14N/c1-9-7-10-5-3-4-6-11(10)8-12(9)2/h3-6,9H,1,7-8H2,2H3. The Bertz CT molecular complexity index is 251. The Kier molecular flexibility index (Phi) is 1.89. The lowest BCUT2D eigenvalue weighted by molar-refractivity contribution is 0.252. The number of hydrogen-bond acceptors (Lipinski definition) is 1. The number of fused-ring (bicyclic) bond motifs is 1. The van der Waals surface area contributed by atoms with Crippen molar-refractivity contribution in [2.45, 2.75) is 19.0 Å². The van der Waals surface area contributed by atoms with E-state index >= 15 is 0 Å². The van der Waals surface area contributed by atoms with Gasteiger partial charge in [-0.1, -0.05) is 24.3 Å². The third kappa shape index (κ3) is 1.25. The Hall–Kier alpha value is -0.820. The molecule has 1 heterocycles. The van der Waals surface area contributed by atoms with Gasteiger partial charge in [0.05, 0.1) is 0 Å². The van der Waals surface area contributed by atoms with Crippen molar-refractivity contribution in [3.8, 4) is 0 Å². The van der Waals surface area contributed by atoms with Crippen molar-refractivity contribution in [1.82, 2.24) is 4.90 Å². The van der Waals surface area contributed by atoms with E-state index in [-0.39, 0.29) is 0 Å². The van der Waals surface area contributed by atoms with E-state index in [0.29, 0.717) is 6.04 Å². The van der Waals surface area contributed by atoms with Crippen LogP contribution in [0.25, 0.3) is 0 Å². The van der Waals surface area contributed by atoms with Crippen LogP contribution >= 0.6 is 0 Å². The second-order valence-corrected chi connectivity index (χ2v) is 3.54. The number of benzene rings is 1. The smallest absolute Gasteiger partial charge is 0.0236 e. The zero-order valence-electron chi connectivity index (χ0n) is 7.46. The van der Waals surface area contributed by atoms with Crippen LogP contribution < -0.4 is 0 Å². The van der Waals surface area contributed by atoms with Gasteiger partial charge in [-0.05, 0) is 31.5 Å². The van der Waals surface area contributed by atoms with Gasteiger partial charge < -0.3 is 0 Å². The summed E-state index contributed by atoms with van der Waals surface area (Å²) in [5.74, 6) is 0. The molecule has 1 aromatic rings. The van der Waals surface area contributed by atoms with Gasteiger partial charge in [-0.2, -0.15) is 0 Å². The Morgan fingerprint density at radius 3 is 2.75 bits per heavy atom. The number of hydrogen-bond donors (Lipinski definition) is 0. The minimum Gasteiger partial charge on any atom is -0.299 e. The Morgan fingerprint density at radius 2 is 2.00 bits per heavy atom. The molecule has 12 heavy (non-hydrogen) atoms. The molecule has 1 aliphatic heterocycles. The van der Waals surface area contributed by atoms with Crippen molar-refractivity contribution in [2.75, 3.05) is 7.05 Å². The summed E-state index contributed by atoms with van der Waals surface area (Å²) in [6.45, 7) is 5.15. The van der Waals surface area contributed by atoms with Gasteiger partial charge in [-0.15, -0.1) is 0 Å². The number of rotatable bonds is 0. The normalized spacial score (nSPS) is 23.7. The summed E-state index contributed by atoms with van der Waals surface area (Å²) in [6, 6.07) is 9.07. The lowest BCUT2D eigenvalue weighted by atomic mass is 9.96. The van der Waals surface area contributed by atoms with E-state index in [1.54, 1.807) is 0 Å². The predicted molar refractivity (Wildman–Crippen MR) is 50.8 cm³/mol. The third-order valence-corrected chi connectivity index (χ3v) is 2.62. The van der Waals surface area contributed by atoms with Gasteiger partial charge in [0.2, 0.25) is 0 Å². The molecule has 1 aromatic carbocycles. The van der Waals surface area contributed by atoms with E-state index in [1.807, 2.05) is 0 Å². The summed E-state index contributed by atoms with van der Waals surface area (Å²) in [4.78, 5) is 2.29. The van der Waals surface area contributed by atoms with Crippen LogP contribution in [0.5, 0.6) is 0 Å². The van der Waals surface area contributed by atoms with Crippen molar-refractivity contribution in [2.24, 2.45) is 0 Å². The van der Waals surface area contributed by atoms with Crippen LogP contribution in [0.15, 0.2) is 24.3 Å². The zero-order chi connectivity index (χ0) is 8.55. The van der Waals surface area contributed by atoms with E-state index < -0.39 is 0 Å². The molecule has 0 amide bonds. The SMILES string of the molecule is [CH2]C1Cc2ccccc2CN1C. The van der Waals surface area contributed by atoms with Crippen LogP contribution in [0.2, 0.25) is 0 Å². The second kappa shape index (κ2) is 2.91. The monoisotopic (exact) mass is 160 g/mol. The summed E-state index contributed by atoms with van der Waals surface area (Å²) < 4.78 is 0. The molecule has 1 unspecified atom stereocenters. The van der Waals surface area contributed by atoms with Gasteiger partial charge in [0, 0.05) is 12.6 Å². The highest BCUT2D eigenvalue weighted by molar-refractivity contribution is 5.30. The molecule has 1 radical (unpaired) electrons. The Morgan fingerprint density at radius 1 is 1.33 bits per heavy atom. The average Bonchev–Trinajstić information content (AvgIpc) is 2.07. The highest BCUT2D eigenvalue weighted by atomic mass is 15.1. The third-order valence-electron chi connectivity index (χ3n) is 2.62. The average molecular weight is 160 g/mol. The van der Waals surface area contributed by atoms with Crippen molar-refractivity contribution >= 4 is 0 Å². The Balaban J connectivity index is 2.34. The molecule has 0 fully saturated rings. The fourth-order valence-corrected chi connectivity index (χ4v) is 1.72. The van der Waals surface area contributed by atoms with Gasteiger partial charge in [-0.3, -0.25) is 4.90 Å². The van der Waals surface area contributed by atoms with Crippen LogP contribution in [0.1, 0.15) is 11.1 Å². The molecular weight excluding hydrogens is 146 g/mol. The van der Waals surface area contributed by atoms with Gasteiger partial charge in [0.1, 0.15) is 0 Å². The fraction of sp³-hybridized carbons (Fsp3) is 0.364. The van der Waals surface area contributed by atoms with Gasteiger partial charge in [0.25, 0.3) is 0 Å². The van der Waals surface area contributed by atoms with Crippen LogP contribution in [-0.2, 0) is 13.0 Å². The first-order valence-corrected chi connectivity index (χ1v) is 4.37.